The molecule has 2 N–H and O–H groups in total. The Morgan fingerprint density at radius 2 is 1.97 bits per heavy atom. The highest BCUT2D eigenvalue weighted by Crippen LogP contribution is 2.24. The molecule has 0 atom stereocenters. The smallest absolute Gasteiger partial charge is 0.260 e. The molecule has 174 valence electrons. The van der Waals surface area contributed by atoms with E-state index in [2.05, 4.69) is 20.6 Å². The number of rotatable bonds is 8. The molecular formula is C25H24N4O4S. The maximum atomic E-state index is 12.3. The van der Waals surface area contributed by atoms with E-state index in [1.54, 1.807) is 30.6 Å². The van der Waals surface area contributed by atoms with E-state index < -0.39 is 0 Å². The van der Waals surface area contributed by atoms with Crippen molar-refractivity contribution in [2.45, 2.75) is 33.7 Å². The molecule has 9 heteroatoms. The second-order valence-corrected chi connectivity index (χ2v) is 8.68. The van der Waals surface area contributed by atoms with Crippen molar-refractivity contribution < 1.29 is 18.7 Å². The number of carbonyl (C=O) groups excluding carboxylic acids is 2. The minimum atomic E-state index is -0.297. The van der Waals surface area contributed by atoms with Crippen LogP contribution in [0.25, 0.3) is 0 Å². The zero-order chi connectivity index (χ0) is 24.1. The molecule has 0 bridgehead atoms. The third-order valence-corrected chi connectivity index (χ3v) is 5.87. The van der Waals surface area contributed by atoms with Crippen molar-refractivity contribution in [2.24, 2.45) is 0 Å². The van der Waals surface area contributed by atoms with Crippen LogP contribution in [0.15, 0.2) is 58.7 Å². The predicted octanol–water partition coefficient (Wildman–Crippen LogP) is 4.96. The number of ether oxygens (including phenoxy) is 1. The van der Waals surface area contributed by atoms with Crippen molar-refractivity contribution in [3.63, 3.8) is 0 Å². The summed E-state index contributed by atoms with van der Waals surface area (Å²) < 4.78 is 11.0. The number of benzene rings is 1. The van der Waals surface area contributed by atoms with Gasteiger partial charge in [0.15, 0.2) is 5.13 Å². The molecule has 0 saturated carbocycles. The van der Waals surface area contributed by atoms with Gasteiger partial charge in [0.2, 0.25) is 11.8 Å². The van der Waals surface area contributed by atoms with Gasteiger partial charge in [-0.25, -0.2) is 9.97 Å². The van der Waals surface area contributed by atoms with E-state index in [1.165, 1.54) is 17.6 Å². The van der Waals surface area contributed by atoms with E-state index in [0.717, 1.165) is 22.4 Å². The van der Waals surface area contributed by atoms with E-state index in [0.29, 0.717) is 34.6 Å². The molecule has 3 aromatic heterocycles. The molecule has 0 fully saturated rings. The summed E-state index contributed by atoms with van der Waals surface area (Å²) in [6, 6.07) is 11.3. The highest BCUT2D eigenvalue weighted by molar-refractivity contribution is 7.14. The topological polar surface area (TPSA) is 106 Å². The van der Waals surface area contributed by atoms with Crippen LogP contribution in [0.2, 0.25) is 0 Å². The molecule has 0 radical (unpaired) electrons. The molecule has 0 saturated heterocycles. The number of furan rings is 1. The van der Waals surface area contributed by atoms with Crippen LogP contribution in [0, 0.1) is 20.8 Å². The number of aryl methyl sites for hydroxylation is 3. The molecule has 0 unspecified atom stereocenters. The van der Waals surface area contributed by atoms with Crippen LogP contribution in [-0.2, 0) is 17.8 Å². The molecule has 0 aliphatic rings. The largest absolute Gasteiger partial charge is 0.469 e. The molecule has 4 rings (SSSR count). The third kappa shape index (κ3) is 5.87. The summed E-state index contributed by atoms with van der Waals surface area (Å²) in [7, 11) is 0. The number of anilines is 1. The number of nitrogens with one attached hydrogen (secondary N) is 2. The van der Waals surface area contributed by atoms with Gasteiger partial charge in [-0.2, -0.15) is 0 Å². The summed E-state index contributed by atoms with van der Waals surface area (Å²) in [4.78, 5) is 33.2. The van der Waals surface area contributed by atoms with Crippen LogP contribution < -0.4 is 15.4 Å². The van der Waals surface area contributed by atoms with Crippen molar-refractivity contribution in [3.05, 3.63) is 87.9 Å². The van der Waals surface area contributed by atoms with Gasteiger partial charge in [0.05, 0.1) is 23.9 Å². The van der Waals surface area contributed by atoms with Crippen molar-refractivity contribution >= 4 is 28.3 Å². The molecule has 1 aromatic carbocycles. The monoisotopic (exact) mass is 476 g/mol. The number of nitrogens with zero attached hydrogens (tertiary/aromatic N) is 2. The fourth-order valence-electron chi connectivity index (χ4n) is 3.16. The van der Waals surface area contributed by atoms with Gasteiger partial charge in [0.25, 0.3) is 5.91 Å². The predicted molar refractivity (Wildman–Crippen MR) is 129 cm³/mol. The highest BCUT2D eigenvalue weighted by atomic mass is 32.1. The van der Waals surface area contributed by atoms with E-state index in [9.17, 15) is 9.59 Å². The first kappa shape index (κ1) is 23.2. The first-order chi connectivity index (χ1) is 16.4. The summed E-state index contributed by atoms with van der Waals surface area (Å²) in [5.41, 5.74) is 4.03. The Bertz CT molecular complexity index is 1310. The van der Waals surface area contributed by atoms with Crippen LogP contribution in [0.3, 0.4) is 0 Å². The Balaban J connectivity index is 1.26. The summed E-state index contributed by atoms with van der Waals surface area (Å²) in [5.74, 6) is 1.32. The Hall–Kier alpha value is -3.98. The molecule has 4 aromatic rings. The van der Waals surface area contributed by atoms with Gasteiger partial charge in [0, 0.05) is 24.2 Å². The lowest BCUT2D eigenvalue weighted by molar-refractivity contribution is -0.120. The van der Waals surface area contributed by atoms with Crippen LogP contribution in [0.4, 0.5) is 5.13 Å². The summed E-state index contributed by atoms with van der Waals surface area (Å²) >= 11 is 1.26. The van der Waals surface area contributed by atoms with Crippen molar-refractivity contribution in [2.75, 3.05) is 5.32 Å². The molecular weight excluding hydrogens is 452 g/mol. The SMILES string of the molecule is Cc1ccc(C)c(Oc2ccc(CNC(=O)Cc3csc(NC(=O)c4ccoc4C)n3)cn2)c1. The zero-order valence-electron chi connectivity index (χ0n) is 19.0. The van der Waals surface area contributed by atoms with E-state index in [1.807, 2.05) is 38.1 Å². The summed E-state index contributed by atoms with van der Waals surface area (Å²) in [5, 5.41) is 7.76. The van der Waals surface area contributed by atoms with Crippen LogP contribution in [0.5, 0.6) is 11.6 Å². The summed E-state index contributed by atoms with van der Waals surface area (Å²) in [6.45, 7) is 6.05. The fraction of sp³-hybridized carbons (Fsp3) is 0.200. The molecule has 0 aliphatic heterocycles. The fourth-order valence-corrected chi connectivity index (χ4v) is 3.87. The quantitative estimate of drug-likeness (QED) is 0.372. The normalized spacial score (nSPS) is 10.7. The number of pyridine rings is 1. The van der Waals surface area contributed by atoms with Gasteiger partial charge < -0.3 is 14.5 Å². The maximum Gasteiger partial charge on any atom is 0.260 e. The van der Waals surface area contributed by atoms with E-state index >= 15 is 0 Å². The number of thiazole rings is 1. The second-order valence-electron chi connectivity index (χ2n) is 7.82. The number of hydrogen-bond acceptors (Lipinski definition) is 7. The Kier molecular flexibility index (Phi) is 7.03. The molecule has 0 aliphatic carbocycles. The second kappa shape index (κ2) is 10.3. The number of hydrogen-bond donors (Lipinski definition) is 2. The third-order valence-electron chi connectivity index (χ3n) is 5.06. The van der Waals surface area contributed by atoms with Crippen molar-refractivity contribution in [3.8, 4) is 11.6 Å². The number of carbonyl (C=O) groups is 2. The summed E-state index contributed by atoms with van der Waals surface area (Å²) in [6.07, 6.45) is 3.25. The number of aromatic nitrogens is 2. The van der Waals surface area contributed by atoms with Gasteiger partial charge in [-0.15, -0.1) is 11.3 Å². The Morgan fingerprint density at radius 1 is 1.12 bits per heavy atom. The molecule has 2 amide bonds. The van der Waals surface area contributed by atoms with Gasteiger partial charge in [-0.05, 0) is 49.6 Å². The molecule has 34 heavy (non-hydrogen) atoms. The van der Waals surface area contributed by atoms with Gasteiger partial charge in [-0.1, -0.05) is 18.2 Å². The van der Waals surface area contributed by atoms with Gasteiger partial charge >= 0.3 is 0 Å². The number of amides is 2. The molecule has 3 heterocycles. The van der Waals surface area contributed by atoms with Crippen molar-refractivity contribution in [1.82, 2.24) is 15.3 Å². The van der Waals surface area contributed by atoms with Crippen LogP contribution in [0.1, 0.15) is 38.5 Å². The lowest BCUT2D eigenvalue weighted by Crippen LogP contribution is -2.24. The van der Waals surface area contributed by atoms with Gasteiger partial charge in [-0.3, -0.25) is 14.9 Å². The first-order valence-corrected chi connectivity index (χ1v) is 11.5. The van der Waals surface area contributed by atoms with Crippen LogP contribution in [-0.4, -0.2) is 21.8 Å². The Morgan fingerprint density at radius 3 is 2.71 bits per heavy atom. The average Bonchev–Trinajstić information content (AvgIpc) is 3.44. The van der Waals surface area contributed by atoms with Gasteiger partial charge in [0.1, 0.15) is 11.5 Å². The highest BCUT2D eigenvalue weighted by Gasteiger charge is 2.14. The van der Waals surface area contributed by atoms with E-state index in [4.69, 9.17) is 9.15 Å². The van der Waals surface area contributed by atoms with Crippen molar-refractivity contribution in [1.29, 1.82) is 0 Å². The lowest BCUT2D eigenvalue weighted by Gasteiger charge is -2.09. The zero-order valence-corrected chi connectivity index (χ0v) is 19.9. The standard InChI is InChI=1S/C25H24N4O4S/c1-15-4-5-16(2)21(10-15)33-23-7-6-18(13-27-23)12-26-22(30)11-19-14-34-25(28-19)29-24(31)20-8-9-32-17(20)3/h4-10,13-14H,11-12H2,1-3H3,(H,26,30)(H,28,29,31). The Labute approximate surface area is 201 Å². The average molecular weight is 477 g/mol. The molecule has 8 nitrogen and oxygen atoms in total. The lowest BCUT2D eigenvalue weighted by atomic mass is 10.1. The first-order valence-electron chi connectivity index (χ1n) is 10.6. The molecule has 0 spiro atoms. The minimum absolute atomic E-state index is 0.109. The maximum absolute atomic E-state index is 12.3. The minimum Gasteiger partial charge on any atom is -0.469 e. The van der Waals surface area contributed by atoms with Crippen LogP contribution >= 0.6 is 11.3 Å². The van der Waals surface area contributed by atoms with E-state index in [-0.39, 0.29) is 18.2 Å².